The number of carbonyl (C=O) groups excluding carboxylic acids is 1. The van der Waals surface area contributed by atoms with E-state index in [4.69, 9.17) is 9.52 Å². The van der Waals surface area contributed by atoms with Crippen LogP contribution >= 0.6 is 15.9 Å². The number of ether oxygens (including phenoxy) is 1. The smallest absolute Gasteiger partial charge is 0.417 e. The summed E-state index contributed by atoms with van der Waals surface area (Å²) in [6.45, 7) is -0.174. The van der Waals surface area contributed by atoms with Crippen LogP contribution in [0.2, 0.25) is 0 Å². The molecule has 1 fully saturated rings. The highest BCUT2D eigenvalue weighted by molar-refractivity contribution is 9.10. The molecule has 1 atom stereocenters. The van der Waals surface area contributed by atoms with Gasteiger partial charge < -0.3 is 14.3 Å². The van der Waals surface area contributed by atoms with Gasteiger partial charge in [0, 0.05) is 6.07 Å². The maximum atomic E-state index is 11.3. The number of hydrogen-bond acceptors (Lipinski definition) is 4. The van der Waals surface area contributed by atoms with E-state index in [9.17, 15) is 9.59 Å². The van der Waals surface area contributed by atoms with Crippen LogP contribution in [-0.4, -0.2) is 29.8 Å². The highest BCUT2D eigenvalue weighted by Gasteiger charge is 2.40. The number of carboxylic acids is 1. The Balaban J connectivity index is 2.32. The van der Waals surface area contributed by atoms with Gasteiger partial charge in [-0.05, 0) is 22.0 Å². The van der Waals surface area contributed by atoms with Gasteiger partial charge in [0.2, 0.25) is 5.88 Å². The summed E-state index contributed by atoms with van der Waals surface area (Å²) < 4.78 is 10.1. The summed E-state index contributed by atoms with van der Waals surface area (Å²) in [4.78, 5) is 23.0. The molecule has 2 rings (SSSR count). The molecule has 1 amide bonds. The lowest BCUT2D eigenvalue weighted by Crippen LogP contribution is -2.39. The van der Waals surface area contributed by atoms with Gasteiger partial charge in [-0.2, -0.15) is 0 Å². The number of amides is 1. The fourth-order valence-corrected chi connectivity index (χ4v) is 1.58. The van der Waals surface area contributed by atoms with E-state index in [2.05, 4.69) is 20.7 Å². The molecule has 1 N–H and O–H groups in total. The number of rotatable bonds is 2. The molecule has 0 spiro atoms. The highest BCUT2D eigenvalue weighted by atomic mass is 79.9. The van der Waals surface area contributed by atoms with E-state index >= 15 is 0 Å². The summed E-state index contributed by atoms with van der Waals surface area (Å²) in [5.41, 5.74) is 0. The first-order chi connectivity index (χ1) is 7.09. The van der Waals surface area contributed by atoms with E-state index < -0.39 is 18.1 Å². The van der Waals surface area contributed by atoms with Gasteiger partial charge in [0.25, 0.3) is 0 Å². The molecule has 2 heterocycles. The normalized spacial score (nSPS) is 20.5. The number of anilines is 1. The lowest BCUT2D eigenvalue weighted by molar-refractivity contribution is -0.138. The third-order valence-corrected chi connectivity index (χ3v) is 2.38. The molecule has 6 nitrogen and oxygen atoms in total. The van der Waals surface area contributed by atoms with Crippen LogP contribution < -0.4 is 4.90 Å². The second kappa shape index (κ2) is 3.58. The number of carbonyl (C=O) groups is 2. The van der Waals surface area contributed by atoms with Crippen molar-refractivity contribution in [1.82, 2.24) is 0 Å². The molecular weight excluding hydrogens is 270 g/mol. The number of cyclic esters (lactones) is 1. The van der Waals surface area contributed by atoms with E-state index in [0.29, 0.717) is 4.67 Å². The number of aliphatic carboxylic acids is 1. The molecule has 7 heteroatoms. The maximum absolute atomic E-state index is 11.3. The Kier molecular flexibility index (Phi) is 2.39. The van der Waals surface area contributed by atoms with Gasteiger partial charge in [0.15, 0.2) is 10.7 Å². The largest absolute Gasteiger partial charge is 0.480 e. The van der Waals surface area contributed by atoms with Crippen molar-refractivity contribution in [3.8, 4) is 0 Å². The van der Waals surface area contributed by atoms with Crippen LogP contribution in [0, 0.1) is 0 Å². The number of furan rings is 1. The summed E-state index contributed by atoms with van der Waals surface area (Å²) in [6.07, 6.45) is -0.718. The Hall–Kier alpha value is -1.50. The standard InChI is InChI=1S/C8H6BrNO5/c9-5-1-2-6(15-5)10-4(7(11)12)3-14-8(10)13/h1-2,4H,3H2,(H,11,12). The summed E-state index contributed by atoms with van der Waals surface area (Å²) in [5.74, 6) is -0.981. The minimum atomic E-state index is -1.13. The molecular formula is C8H6BrNO5. The molecule has 0 bridgehead atoms. The first kappa shape index (κ1) is 10.0. The van der Waals surface area contributed by atoms with Crippen LogP contribution in [0.5, 0.6) is 0 Å². The van der Waals surface area contributed by atoms with Crippen molar-refractivity contribution in [1.29, 1.82) is 0 Å². The van der Waals surface area contributed by atoms with Crippen molar-refractivity contribution in [3.63, 3.8) is 0 Å². The SMILES string of the molecule is O=C(O)C1COC(=O)N1c1ccc(Br)o1. The van der Waals surface area contributed by atoms with Gasteiger partial charge in [0.1, 0.15) is 6.61 Å². The minimum Gasteiger partial charge on any atom is -0.480 e. The molecule has 0 aromatic carbocycles. The molecule has 80 valence electrons. The van der Waals surface area contributed by atoms with E-state index in [0.717, 1.165) is 4.90 Å². The Bertz CT molecular complexity index is 415. The number of hydrogen-bond donors (Lipinski definition) is 1. The van der Waals surface area contributed by atoms with Gasteiger partial charge in [-0.15, -0.1) is 0 Å². The molecule has 1 aromatic rings. The molecule has 0 aliphatic carbocycles. The summed E-state index contributed by atoms with van der Waals surface area (Å²) in [7, 11) is 0. The van der Waals surface area contributed by atoms with Gasteiger partial charge in [-0.3, -0.25) is 0 Å². The Morgan fingerprint density at radius 2 is 2.33 bits per heavy atom. The van der Waals surface area contributed by atoms with Crippen molar-refractivity contribution in [2.24, 2.45) is 0 Å². The van der Waals surface area contributed by atoms with Gasteiger partial charge in [0.05, 0.1) is 0 Å². The van der Waals surface area contributed by atoms with E-state index in [1.165, 1.54) is 6.07 Å². The van der Waals surface area contributed by atoms with Crippen molar-refractivity contribution in [2.45, 2.75) is 6.04 Å². The molecule has 0 radical (unpaired) electrons. The first-order valence-electron chi connectivity index (χ1n) is 4.03. The monoisotopic (exact) mass is 275 g/mol. The van der Waals surface area contributed by atoms with Gasteiger partial charge in [-0.25, -0.2) is 14.5 Å². The number of carboxylic acid groups (broad SMARTS) is 1. The Labute approximate surface area is 92.5 Å². The predicted molar refractivity (Wildman–Crippen MR) is 51.7 cm³/mol. The lowest BCUT2D eigenvalue weighted by atomic mass is 10.3. The quantitative estimate of drug-likeness (QED) is 0.884. The molecule has 1 saturated heterocycles. The zero-order chi connectivity index (χ0) is 11.0. The van der Waals surface area contributed by atoms with E-state index in [-0.39, 0.29) is 12.5 Å². The summed E-state index contributed by atoms with van der Waals surface area (Å²) in [6, 6.07) is 2.03. The topological polar surface area (TPSA) is 80.0 Å². The van der Waals surface area contributed by atoms with Crippen LogP contribution in [0.15, 0.2) is 21.2 Å². The molecule has 0 saturated carbocycles. The second-order valence-electron chi connectivity index (χ2n) is 2.88. The van der Waals surface area contributed by atoms with Crippen LogP contribution in [0.1, 0.15) is 0 Å². The van der Waals surface area contributed by atoms with Crippen molar-refractivity contribution < 1.29 is 23.8 Å². The van der Waals surface area contributed by atoms with Crippen LogP contribution in [0.3, 0.4) is 0 Å². The van der Waals surface area contributed by atoms with Crippen molar-refractivity contribution in [2.75, 3.05) is 11.5 Å². The molecule has 1 aromatic heterocycles. The van der Waals surface area contributed by atoms with Crippen molar-refractivity contribution in [3.05, 3.63) is 16.8 Å². The predicted octanol–water partition coefficient (Wildman–Crippen LogP) is 1.45. The fourth-order valence-electron chi connectivity index (χ4n) is 1.28. The maximum Gasteiger partial charge on any atom is 0.417 e. The average Bonchev–Trinajstić information content (AvgIpc) is 2.71. The first-order valence-corrected chi connectivity index (χ1v) is 4.83. The van der Waals surface area contributed by atoms with E-state index in [1.807, 2.05) is 0 Å². The Morgan fingerprint density at radius 3 is 2.87 bits per heavy atom. The molecule has 1 aliphatic heterocycles. The average molecular weight is 276 g/mol. The second-order valence-corrected chi connectivity index (χ2v) is 3.66. The Morgan fingerprint density at radius 1 is 1.60 bits per heavy atom. The van der Waals surface area contributed by atoms with Gasteiger partial charge in [-0.1, -0.05) is 0 Å². The van der Waals surface area contributed by atoms with Crippen LogP contribution in [0.25, 0.3) is 0 Å². The summed E-state index contributed by atoms with van der Waals surface area (Å²) >= 11 is 3.06. The summed E-state index contributed by atoms with van der Waals surface area (Å²) in [5, 5.41) is 8.84. The number of nitrogens with zero attached hydrogens (tertiary/aromatic N) is 1. The van der Waals surface area contributed by atoms with Crippen molar-refractivity contribution >= 4 is 33.9 Å². The minimum absolute atomic E-state index is 0.150. The molecule has 1 unspecified atom stereocenters. The van der Waals surface area contributed by atoms with Crippen LogP contribution in [-0.2, 0) is 9.53 Å². The fraction of sp³-hybridized carbons (Fsp3) is 0.250. The van der Waals surface area contributed by atoms with Crippen LogP contribution in [0.4, 0.5) is 10.7 Å². The third kappa shape index (κ3) is 1.70. The molecule has 1 aliphatic rings. The zero-order valence-electron chi connectivity index (χ0n) is 7.34. The lowest BCUT2D eigenvalue weighted by Gasteiger charge is -2.13. The van der Waals surface area contributed by atoms with E-state index in [1.54, 1.807) is 6.07 Å². The highest BCUT2D eigenvalue weighted by Crippen LogP contribution is 2.27. The zero-order valence-corrected chi connectivity index (χ0v) is 8.93. The number of halogens is 1. The van der Waals surface area contributed by atoms with Gasteiger partial charge >= 0.3 is 12.1 Å². The third-order valence-electron chi connectivity index (χ3n) is 1.95. The molecule has 15 heavy (non-hydrogen) atoms.